The number of nitrogens with one attached hydrogen (secondary N) is 1. The van der Waals surface area contributed by atoms with Gasteiger partial charge in [0.05, 0.1) is 18.0 Å². The number of rotatable bonds is 2. The monoisotopic (exact) mass is 259 g/mol. The second-order valence-electron chi connectivity index (χ2n) is 4.15. The van der Waals surface area contributed by atoms with Crippen molar-refractivity contribution in [2.75, 3.05) is 0 Å². The molecule has 2 aliphatic rings. The van der Waals surface area contributed by atoms with E-state index in [-0.39, 0.29) is 18.7 Å². The molecular formula is C11H12F3N3O. The van der Waals surface area contributed by atoms with Crippen LogP contribution >= 0.6 is 0 Å². The van der Waals surface area contributed by atoms with Crippen molar-refractivity contribution >= 4 is 11.7 Å². The molecule has 2 rings (SSSR count). The van der Waals surface area contributed by atoms with Gasteiger partial charge >= 0.3 is 6.18 Å². The number of aliphatic imine (C=N–C) groups is 1. The van der Waals surface area contributed by atoms with Crippen LogP contribution in [0.5, 0.6) is 0 Å². The van der Waals surface area contributed by atoms with Crippen LogP contribution in [0.1, 0.15) is 12.8 Å². The summed E-state index contributed by atoms with van der Waals surface area (Å²) in [6.45, 7) is 0. The number of nitrogens with two attached hydrogens (primary N) is 1. The van der Waals surface area contributed by atoms with E-state index in [0.29, 0.717) is 0 Å². The van der Waals surface area contributed by atoms with Crippen molar-refractivity contribution in [2.24, 2.45) is 10.7 Å². The lowest BCUT2D eigenvalue weighted by Crippen LogP contribution is -2.37. The van der Waals surface area contributed by atoms with E-state index in [9.17, 15) is 18.0 Å². The quantitative estimate of drug-likeness (QED) is 0.728. The average molecular weight is 259 g/mol. The average Bonchev–Trinajstić information content (AvgIpc) is 2.47. The number of hydrogen-bond acceptors (Lipinski definition) is 3. The van der Waals surface area contributed by atoms with Crippen LogP contribution in [0.25, 0.3) is 0 Å². The lowest BCUT2D eigenvalue weighted by molar-refractivity contribution is -0.116. The Labute approximate surface area is 101 Å². The summed E-state index contributed by atoms with van der Waals surface area (Å²) in [6, 6.07) is -1.59. The van der Waals surface area contributed by atoms with Crippen LogP contribution in [0.15, 0.2) is 28.8 Å². The van der Waals surface area contributed by atoms with Gasteiger partial charge in [-0.15, -0.1) is 0 Å². The first-order valence-corrected chi connectivity index (χ1v) is 5.43. The summed E-state index contributed by atoms with van der Waals surface area (Å²) >= 11 is 0. The van der Waals surface area contributed by atoms with Crippen molar-refractivity contribution < 1.29 is 18.0 Å². The van der Waals surface area contributed by atoms with Gasteiger partial charge in [0, 0.05) is 0 Å². The number of alkyl halides is 3. The fourth-order valence-corrected chi connectivity index (χ4v) is 2.06. The lowest BCUT2D eigenvalue weighted by atomic mass is 10.0. The number of primary amides is 1. The number of fused-ring (bicyclic) bond motifs is 1. The van der Waals surface area contributed by atoms with Crippen molar-refractivity contribution in [3.8, 4) is 0 Å². The largest absolute Gasteiger partial charge is 0.414 e. The van der Waals surface area contributed by atoms with Crippen LogP contribution in [0, 0.1) is 0 Å². The number of nitrogens with zero attached hydrogens (tertiary/aromatic N) is 1. The maximum Gasteiger partial charge on any atom is 0.414 e. The third-order valence-corrected chi connectivity index (χ3v) is 2.77. The number of amides is 1. The summed E-state index contributed by atoms with van der Waals surface area (Å²) in [5.74, 6) is -0.418. The predicted octanol–water partition coefficient (Wildman–Crippen LogP) is 1.05. The Balaban J connectivity index is 2.27. The van der Waals surface area contributed by atoms with Crippen LogP contribution in [0.3, 0.4) is 0 Å². The molecule has 0 fully saturated rings. The first-order chi connectivity index (χ1) is 8.38. The van der Waals surface area contributed by atoms with Gasteiger partial charge in [0.1, 0.15) is 11.9 Å². The van der Waals surface area contributed by atoms with Crippen LogP contribution < -0.4 is 11.1 Å². The fraction of sp³-hybridized carbons (Fsp3) is 0.455. The summed E-state index contributed by atoms with van der Waals surface area (Å²) < 4.78 is 38.6. The smallest absolute Gasteiger partial charge is 0.369 e. The zero-order chi connectivity index (χ0) is 13.3. The molecule has 0 radical (unpaired) electrons. The Morgan fingerprint density at radius 1 is 1.56 bits per heavy atom. The van der Waals surface area contributed by atoms with Crippen LogP contribution in [0.2, 0.25) is 0 Å². The summed E-state index contributed by atoms with van der Waals surface area (Å²) in [4.78, 5) is 14.7. The molecule has 0 aromatic heterocycles. The van der Waals surface area contributed by atoms with E-state index < -0.39 is 29.7 Å². The normalized spacial score (nSPS) is 26.8. The Hall–Kier alpha value is -1.79. The van der Waals surface area contributed by atoms with Gasteiger partial charge in [-0.3, -0.25) is 9.79 Å². The molecule has 0 saturated carbocycles. The molecule has 1 amide bonds. The molecule has 4 nitrogen and oxygen atoms in total. The minimum Gasteiger partial charge on any atom is -0.369 e. The number of allylic oxidation sites excluding steroid dienone is 2. The maximum absolute atomic E-state index is 12.9. The molecule has 1 aliphatic heterocycles. The van der Waals surface area contributed by atoms with Gasteiger partial charge in [-0.2, -0.15) is 13.2 Å². The number of halogens is 3. The molecule has 0 saturated heterocycles. The van der Waals surface area contributed by atoms with Crippen molar-refractivity contribution in [2.45, 2.75) is 31.1 Å². The van der Waals surface area contributed by atoms with Gasteiger partial charge in [0.25, 0.3) is 0 Å². The van der Waals surface area contributed by atoms with Gasteiger partial charge in [0.15, 0.2) is 0 Å². The molecule has 0 aromatic carbocycles. The molecule has 1 aliphatic carbocycles. The fourth-order valence-electron chi connectivity index (χ4n) is 2.06. The van der Waals surface area contributed by atoms with E-state index in [2.05, 4.69) is 10.3 Å². The number of amidine groups is 1. The highest BCUT2D eigenvalue weighted by Crippen LogP contribution is 2.34. The first-order valence-electron chi connectivity index (χ1n) is 5.43. The Kier molecular flexibility index (Phi) is 3.14. The van der Waals surface area contributed by atoms with Gasteiger partial charge in [-0.25, -0.2) is 0 Å². The van der Waals surface area contributed by atoms with E-state index in [0.717, 1.165) is 6.08 Å². The molecule has 2 atom stereocenters. The molecule has 1 heterocycles. The third-order valence-electron chi connectivity index (χ3n) is 2.77. The second-order valence-corrected chi connectivity index (χ2v) is 4.15. The van der Waals surface area contributed by atoms with Crippen LogP contribution in [-0.4, -0.2) is 30.0 Å². The summed E-state index contributed by atoms with van der Waals surface area (Å²) in [5.41, 5.74) is 4.32. The Bertz CT molecular complexity index is 451. The molecule has 18 heavy (non-hydrogen) atoms. The van der Waals surface area contributed by atoms with Gasteiger partial charge in [-0.05, 0) is 6.42 Å². The van der Waals surface area contributed by atoms with E-state index in [1.807, 2.05) is 0 Å². The number of carbonyl (C=O) groups excluding carboxylic acids is 1. The molecule has 98 valence electrons. The van der Waals surface area contributed by atoms with Crippen molar-refractivity contribution in [1.29, 1.82) is 0 Å². The minimum absolute atomic E-state index is 0.175. The molecular weight excluding hydrogens is 247 g/mol. The summed E-state index contributed by atoms with van der Waals surface area (Å²) in [5, 5.41) is 2.79. The topological polar surface area (TPSA) is 67.5 Å². The highest BCUT2D eigenvalue weighted by atomic mass is 19.4. The Morgan fingerprint density at radius 2 is 2.28 bits per heavy atom. The molecule has 0 spiro atoms. The standard InChI is InChI=1S/C11H12F3N3O/c12-11(13,14)6-3-1-2-4-7-10(6)17-9(16-7)5-8(15)18/h2-4,7,10H,1,5H2,(H2,15,18)(H,16,17). The SMILES string of the molecule is NC(=O)CC1=NC2C(C(F)(F)F)=CCC=CC2N1. The van der Waals surface area contributed by atoms with Crippen LogP contribution in [0.4, 0.5) is 13.2 Å². The van der Waals surface area contributed by atoms with Crippen molar-refractivity contribution in [3.05, 3.63) is 23.8 Å². The third kappa shape index (κ3) is 2.55. The summed E-state index contributed by atoms with van der Waals surface area (Å²) in [6.07, 6.45) is 0.0432. The van der Waals surface area contributed by atoms with Crippen molar-refractivity contribution in [3.63, 3.8) is 0 Å². The van der Waals surface area contributed by atoms with Crippen LogP contribution in [-0.2, 0) is 4.79 Å². The zero-order valence-corrected chi connectivity index (χ0v) is 9.37. The second kappa shape index (κ2) is 4.47. The zero-order valence-electron chi connectivity index (χ0n) is 9.37. The molecule has 0 bridgehead atoms. The maximum atomic E-state index is 12.9. The molecule has 7 heteroatoms. The van der Waals surface area contributed by atoms with E-state index in [4.69, 9.17) is 5.73 Å². The van der Waals surface area contributed by atoms with Crippen molar-refractivity contribution in [1.82, 2.24) is 5.32 Å². The van der Waals surface area contributed by atoms with Gasteiger partial charge in [0.2, 0.25) is 5.91 Å². The van der Waals surface area contributed by atoms with Gasteiger partial charge in [-0.1, -0.05) is 18.2 Å². The number of carbonyl (C=O) groups is 1. The minimum atomic E-state index is -4.41. The lowest BCUT2D eigenvalue weighted by Gasteiger charge is -2.19. The predicted molar refractivity (Wildman–Crippen MR) is 59.9 cm³/mol. The first kappa shape index (κ1) is 12.7. The highest BCUT2D eigenvalue weighted by Gasteiger charge is 2.44. The van der Waals surface area contributed by atoms with E-state index >= 15 is 0 Å². The Morgan fingerprint density at radius 3 is 2.89 bits per heavy atom. The number of hydrogen-bond donors (Lipinski definition) is 2. The van der Waals surface area contributed by atoms with Gasteiger partial charge < -0.3 is 11.1 Å². The highest BCUT2D eigenvalue weighted by molar-refractivity contribution is 6.00. The van der Waals surface area contributed by atoms with E-state index in [1.54, 1.807) is 12.2 Å². The molecule has 0 aromatic rings. The molecule has 2 unspecified atom stereocenters. The van der Waals surface area contributed by atoms with E-state index in [1.165, 1.54) is 0 Å². The summed E-state index contributed by atoms with van der Waals surface area (Å²) in [7, 11) is 0. The molecule has 3 N–H and O–H groups in total.